The van der Waals surface area contributed by atoms with Gasteiger partial charge in [-0.3, -0.25) is 25.3 Å². The van der Waals surface area contributed by atoms with Crippen molar-refractivity contribution in [2.24, 2.45) is 0 Å². The second kappa shape index (κ2) is 8.04. The van der Waals surface area contributed by atoms with Crippen LogP contribution < -0.4 is 15.8 Å². The Bertz CT molecular complexity index is 563. The quantitative estimate of drug-likeness (QED) is 0.658. The number of rotatable bonds is 5. The molecule has 2 aliphatic heterocycles. The zero-order valence-electron chi connectivity index (χ0n) is 13.8. The molecule has 0 radical (unpaired) electrons. The first-order chi connectivity index (χ1) is 11.7. The van der Waals surface area contributed by atoms with E-state index in [4.69, 9.17) is 0 Å². The first kappa shape index (κ1) is 16.6. The number of amides is 2. The van der Waals surface area contributed by atoms with Gasteiger partial charge in [-0.05, 0) is 44.0 Å². The fourth-order valence-corrected chi connectivity index (χ4v) is 3.01. The molecule has 2 amide bonds. The number of carbonyl (C=O) groups excluding carboxylic acids is 2. The molecule has 132 valence electrons. The van der Waals surface area contributed by atoms with Crippen molar-refractivity contribution in [1.29, 1.82) is 0 Å². The fourth-order valence-electron chi connectivity index (χ4n) is 3.01. The van der Waals surface area contributed by atoms with Crippen molar-refractivity contribution in [3.8, 4) is 0 Å². The number of hydrogen-bond donors (Lipinski definition) is 2. The van der Waals surface area contributed by atoms with Crippen molar-refractivity contribution < 1.29 is 9.59 Å². The Morgan fingerprint density at radius 3 is 2.21 bits per heavy atom. The molecule has 0 aliphatic carbocycles. The Balaban J connectivity index is 1.38. The minimum absolute atomic E-state index is 0.0785. The van der Waals surface area contributed by atoms with Gasteiger partial charge in [-0.1, -0.05) is 11.5 Å². The van der Waals surface area contributed by atoms with Gasteiger partial charge in [-0.25, -0.2) is 0 Å². The molecule has 0 saturated carbocycles. The van der Waals surface area contributed by atoms with Gasteiger partial charge in [0.15, 0.2) is 0 Å². The van der Waals surface area contributed by atoms with E-state index in [2.05, 4.69) is 31.2 Å². The number of carbonyl (C=O) groups is 2. The lowest BCUT2D eigenvalue weighted by atomic mass is 10.1. The van der Waals surface area contributed by atoms with Crippen LogP contribution in [0.5, 0.6) is 0 Å². The van der Waals surface area contributed by atoms with Gasteiger partial charge in [-0.15, -0.1) is 5.10 Å². The highest BCUT2D eigenvalue weighted by Crippen LogP contribution is 2.13. The van der Waals surface area contributed by atoms with E-state index in [1.807, 2.05) is 4.90 Å². The molecule has 3 heterocycles. The lowest BCUT2D eigenvalue weighted by Crippen LogP contribution is -2.48. The van der Waals surface area contributed by atoms with Gasteiger partial charge in [0.1, 0.15) is 6.54 Å². The third-order valence-electron chi connectivity index (χ3n) is 4.27. The second-order valence-electron chi connectivity index (χ2n) is 6.25. The zero-order chi connectivity index (χ0) is 16.8. The third kappa shape index (κ3) is 4.63. The monoisotopic (exact) mass is 336 g/mol. The average molecular weight is 336 g/mol. The van der Waals surface area contributed by atoms with Gasteiger partial charge in [0, 0.05) is 13.1 Å². The van der Waals surface area contributed by atoms with E-state index in [1.54, 1.807) is 0 Å². The maximum atomic E-state index is 11.9. The van der Waals surface area contributed by atoms with Gasteiger partial charge in [-0.2, -0.15) is 4.80 Å². The zero-order valence-corrected chi connectivity index (χ0v) is 13.8. The van der Waals surface area contributed by atoms with Crippen LogP contribution in [-0.2, 0) is 16.1 Å². The van der Waals surface area contributed by atoms with Crippen LogP contribution >= 0.6 is 0 Å². The Hall–Kier alpha value is -2.23. The highest BCUT2D eigenvalue weighted by Gasteiger charge is 2.18. The molecule has 1 aromatic rings. The Morgan fingerprint density at radius 1 is 0.875 bits per heavy atom. The summed E-state index contributed by atoms with van der Waals surface area (Å²) in [5, 5.41) is 12.0. The summed E-state index contributed by atoms with van der Waals surface area (Å²) >= 11 is 0. The van der Waals surface area contributed by atoms with Crippen LogP contribution in [0.15, 0.2) is 0 Å². The van der Waals surface area contributed by atoms with E-state index in [1.165, 1.54) is 11.2 Å². The summed E-state index contributed by atoms with van der Waals surface area (Å²) in [6.45, 7) is 3.94. The van der Waals surface area contributed by atoms with Crippen molar-refractivity contribution in [1.82, 2.24) is 36.0 Å². The molecule has 0 unspecified atom stereocenters. The molecule has 3 rings (SSSR count). The van der Waals surface area contributed by atoms with E-state index in [0.717, 1.165) is 51.9 Å². The number of nitrogens with one attached hydrogen (secondary N) is 2. The lowest BCUT2D eigenvalue weighted by molar-refractivity contribution is -0.130. The molecule has 0 aromatic carbocycles. The standard InChI is InChI=1S/C14H24N8O2/c23-12(10-20-6-2-1-3-7-20)15-16-13(24)11-22-18-14(17-19-22)21-8-4-5-9-21/h1-11H2,(H,15,23)(H,16,24). The Labute approximate surface area is 140 Å². The number of anilines is 1. The average Bonchev–Trinajstić information content (AvgIpc) is 3.25. The molecule has 0 spiro atoms. The van der Waals surface area contributed by atoms with Crippen LogP contribution in [0.1, 0.15) is 32.1 Å². The minimum Gasteiger partial charge on any atom is -0.338 e. The summed E-state index contributed by atoms with van der Waals surface area (Å²) in [7, 11) is 0. The van der Waals surface area contributed by atoms with Gasteiger partial charge < -0.3 is 4.90 Å². The molecule has 2 aliphatic rings. The summed E-state index contributed by atoms with van der Waals surface area (Å²) in [6, 6.07) is 0. The van der Waals surface area contributed by atoms with E-state index in [-0.39, 0.29) is 18.4 Å². The van der Waals surface area contributed by atoms with Crippen LogP contribution in [0.25, 0.3) is 0 Å². The molecular weight excluding hydrogens is 312 g/mol. The molecule has 0 atom stereocenters. The van der Waals surface area contributed by atoms with Gasteiger partial charge in [0.05, 0.1) is 6.54 Å². The number of hydrogen-bond acceptors (Lipinski definition) is 7. The molecular formula is C14H24N8O2. The van der Waals surface area contributed by atoms with Crippen molar-refractivity contribution in [3.05, 3.63) is 0 Å². The van der Waals surface area contributed by atoms with Gasteiger partial charge in [0.25, 0.3) is 17.8 Å². The molecule has 2 saturated heterocycles. The summed E-state index contributed by atoms with van der Waals surface area (Å²) < 4.78 is 0. The topological polar surface area (TPSA) is 108 Å². The molecule has 2 N–H and O–H groups in total. The molecule has 0 bridgehead atoms. The summed E-state index contributed by atoms with van der Waals surface area (Å²) in [5.74, 6) is -0.0450. The molecule has 2 fully saturated rings. The van der Waals surface area contributed by atoms with E-state index in [9.17, 15) is 9.59 Å². The SMILES string of the molecule is O=C(CN1CCCCC1)NNC(=O)Cn1nnc(N2CCCC2)n1. The highest BCUT2D eigenvalue weighted by molar-refractivity contribution is 5.82. The van der Waals surface area contributed by atoms with Gasteiger partial charge >= 0.3 is 0 Å². The van der Waals surface area contributed by atoms with Crippen molar-refractivity contribution >= 4 is 17.8 Å². The Kier molecular flexibility index (Phi) is 5.57. The van der Waals surface area contributed by atoms with Crippen LogP contribution in [-0.4, -0.2) is 69.6 Å². The molecule has 10 nitrogen and oxygen atoms in total. The van der Waals surface area contributed by atoms with Gasteiger partial charge in [0.2, 0.25) is 0 Å². The van der Waals surface area contributed by atoms with Crippen molar-refractivity contribution in [2.75, 3.05) is 37.6 Å². The molecule has 10 heteroatoms. The number of tetrazole rings is 1. The summed E-state index contributed by atoms with van der Waals surface area (Å²) in [6.07, 6.45) is 5.71. The molecule has 24 heavy (non-hydrogen) atoms. The highest BCUT2D eigenvalue weighted by atomic mass is 16.2. The first-order valence-electron chi connectivity index (χ1n) is 8.53. The van der Waals surface area contributed by atoms with Crippen LogP contribution in [0.4, 0.5) is 5.95 Å². The Morgan fingerprint density at radius 2 is 1.50 bits per heavy atom. The first-order valence-corrected chi connectivity index (χ1v) is 8.53. The van der Waals surface area contributed by atoms with Crippen molar-refractivity contribution in [2.45, 2.75) is 38.6 Å². The number of aromatic nitrogens is 4. The predicted molar refractivity (Wildman–Crippen MR) is 85.8 cm³/mol. The molecule has 1 aromatic heterocycles. The van der Waals surface area contributed by atoms with Crippen LogP contribution in [0.3, 0.4) is 0 Å². The van der Waals surface area contributed by atoms with E-state index >= 15 is 0 Å². The normalized spacial score (nSPS) is 18.6. The van der Waals surface area contributed by atoms with Crippen LogP contribution in [0.2, 0.25) is 0 Å². The maximum absolute atomic E-state index is 11.9. The van der Waals surface area contributed by atoms with E-state index in [0.29, 0.717) is 12.5 Å². The number of likely N-dealkylation sites (tertiary alicyclic amines) is 1. The number of piperidine rings is 1. The summed E-state index contributed by atoms with van der Waals surface area (Å²) in [5.41, 5.74) is 4.82. The number of nitrogens with zero attached hydrogens (tertiary/aromatic N) is 6. The minimum atomic E-state index is -0.382. The lowest BCUT2D eigenvalue weighted by Gasteiger charge is -2.25. The largest absolute Gasteiger partial charge is 0.338 e. The van der Waals surface area contributed by atoms with E-state index < -0.39 is 0 Å². The fraction of sp³-hybridized carbons (Fsp3) is 0.786. The maximum Gasteiger partial charge on any atom is 0.266 e. The van der Waals surface area contributed by atoms with Crippen molar-refractivity contribution in [3.63, 3.8) is 0 Å². The van der Waals surface area contributed by atoms with Crippen LogP contribution in [0, 0.1) is 0 Å². The predicted octanol–water partition coefficient (Wildman–Crippen LogP) is -1.09. The smallest absolute Gasteiger partial charge is 0.266 e. The number of hydrazine groups is 1. The third-order valence-corrected chi connectivity index (χ3v) is 4.27. The second-order valence-corrected chi connectivity index (χ2v) is 6.25. The summed E-state index contributed by atoms with van der Waals surface area (Å²) in [4.78, 5) is 29.0.